The molecule has 1 N–H and O–H groups in total. The van der Waals surface area contributed by atoms with Crippen molar-refractivity contribution in [2.45, 2.75) is 45.7 Å². The fourth-order valence-electron chi connectivity index (χ4n) is 5.93. The molecule has 2 saturated heterocycles. The third-order valence-corrected chi connectivity index (χ3v) is 7.95. The summed E-state index contributed by atoms with van der Waals surface area (Å²) >= 11 is 0. The number of nitriles is 1. The van der Waals surface area contributed by atoms with Crippen molar-refractivity contribution < 1.29 is 4.74 Å². The molecule has 0 spiro atoms. The van der Waals surface area contributed by atoms with Crippen molar-refractivity contribution in [1.82, 2.24) is 20.2 Å². The standard InChI is InChI=1S/C28H36N6O.C2H3N/c1-20-6-3-7-21-8-4-10-25(26(20)21)34-15-11-23-24(18-34)30-28(35-19-22-9-5-14-32(22)2)31-27(23)33-16-12-29-13-17-33;1-2-3/h3-4,6-8,10,22,29H,5,9,11-19H2,1-2H3;1H3. The molecule has 3 aliphatic rings. The van der Waals surface area contributed by atoms with Crippen molar-refractivity contribution in [3.63, 3.8) is 0 Å². The highest BCUT2D eigenvalue weighted by atomic mass is 16.5. The van der Waals surface area contributed by atoms with Gasteiger partial charge < -0.3 is 24.8 Å². The SMILES string of the molecule is CC#N.Cc1cccc2cccc(N3CCc4c(nc(OCC5CCCN5C)nc4N4CCNCC4)C3)c12. The number of ether oxygens (including phenoxy) is 1. The smallest absolute Gasteiger partial charge is 0.318 e. The maximum Gasteiger partial charge on any atom is 0.318 e. The van der Waals surface area contributed by atoms with Crippen LogP contribution in [-0.2, 0) is 13.0 Å². The van der Waals surface area contributed by atoms with Crippen LogP contribution < -0.4 is 19.9 Å². The topological polar surface area (TPSA) is 80.5 Å². The molecule has 3 aromatic rings. The summed E-state index contributed by atoms with van der Waals surface area (Å²) < 4.78 is 6.26. The average molecular weight is 514 g/mol. The number of fused-ring (bicyclic) bond motifs is 2. The van der Waals surface area contributed by atoms with E-state index in [9.17, 15) is 0 Å². The van der Waals surface area contributed by atoms with Gasteiger partial charge in [-0.3, -0.25) is 0 Å². The first-order chi connectivity index (χ1) is 18.6. The van der Waals surface area contributed by atoms with Crippen LogP contribution in [0.2, 0.25) is 0 Å². The molecule has 1 aromatic heterocycles. The lowest BCUT2D eigenvalue weighted by Crippen LogP contribution is -2.45. The molecular formula is C30H39N7O. The van der Waals surface area contributed by atoms with Crippen LogP contribution in [0.25, 0.3) is 10.8 Å². The maximum absolute atomic E-state index is 7.32. The first kappa shape index (κ1) is 26.2. The number of nitrogens with zero attached hydrogens (tertiary/aromatic N) is 6. The molecule has 0 bridgehead atoms. The number of benzene rings is 2. The van der Waals surface area contributed by atoms with Gasteiger partial charge in [0, 0.05) is 62.3 Å². The van der Waals surface area contributed by atoms with E-state index in [1.165, 1.54) is 47.4 Å². The van der Waals surface area contributed by atoms with Gasteiger partial charge >= 0.3 is 6.01 Å². The van der Waals surface area contributed by atoms with Gasteiger partial charge in [-0.25, -0.2) is 0 Å². The van der Waals surface area contributed by atoms with E-state index in [2.05, 4.69) is 70.4 Å². The minimum Gasteiger partial charge on any atom is -0.462 e. The van der Waals surface area contributed by atoms with Crippen molar-refractivity contribution in [2.75, 3.05) is 62.7 Å². The molecule has 6 rings (SSSR count). The number of nitrogens with one attached hydrogen (secondary N) is 1. The van der Waals surface area contributed by atoms with Gasteiger partial charge in [-0.1, -0.05) is 30.3 Å². The second kappa shape index (κ2) is 12.0. The molecule has 1 atom stereocenters. The monoisotopic (exact) mass is 513 g/mol. The van der Waals surface area contributed by atoms with Crippen LogP contribution in [-0.4, -0.2) is 73.8 Å². The molecule has 3 aliphatic heterocycles. The van der Waals surface area contributed by atoms with E-state index in [1.807, 2.05) is 0 Å². The second-order valence-electron chi connectivity index (χ2n) is 10.4. The number of aromatic nitrogens is 2. The van der Waals surface area contributed by atoms with E-state index in [4.69, 9.17) is 20.0 Å². The lowest BCUT2D eigenvalue weighted by molar-refractivity contribution is 0.187. The molecule has 1 unspecified atom stereocenters. The highest BCUT2D eigenvalue weighted by Crippen LogP contribution is 2.35. The first-order valence-corrected chi connectivity index (χ1v) is 13.8. The van der Waals surface area contributed by atoms with Gasteiger partial charge in [0.05, 0.1) is 18.3 Å². The van der Waals surface area contributed by atoms with Crippen LogP contribution >= 0.6 is 0 Å². The Balaban J connectivity index is 0.000000937. The van der Waals surface area contributed by atoms with Gasteiger partial charge in [0.2, 0.25) is 0 Å². The Morgan fingerprint density at radius 3 is 2.55 bits per heavy atom. The average Bonchev–Trinajstić information content (AvgIpc) is 3.36. The van der Waals surface area contributed by atoms with Crippen molar-refractivity contribution in [1.29, 1.82) is 5.26 Å². The number of rotatable bonds is 5. The van der Waals surface area contributed by atoms with Gasteiger partial charge in [0.1, 0.15) is 12.4 Å². The molecule has 8 heteroatoms. The lowest BCUT2D eigenvalue weighted by atomic mass is 9.99. The number of likely N-dealkylation sites (tertiary alicyclic amines) is 1. The summed E-state index contributed by atoms with van der Waals surface area (Å²) in [5, 5.41) is 13.4. The molecule has 2 aromatic carbocycles. The van der Waals surface area contributed by atoms with Gasteiger partial charge in [0.15, 0.2) is 0 Å². The van der Waals surface area contributed by atoms with Crippen LogP contribution in [0, 0.1) is 18.3 Å². The molecule has 8 nitrogen and oxygen atoms in total. The molecule has 0 radical (unpaired) electrons. The zero-order chi connectivity index (χ0) is 26.5. The van der Waals surface area contributed by atoms with Gasteiger partial charge in [-0.2, -0.15) is 15.2 Å². The second-order valence-corrected chi connectivity index (χ2v) is 10.4. The Bertz CT molecular complexity index is 1290. The van der Waals surface area contributed by atoms with E-state index in [-0.39, 0.29) is 0 Å². The first-order valence-electron chi connectivity index (χ1n) is 13.8. The Labute approximate surface area is 226 Å². The zero-order valence-electron chi connectivity index (χ0n) is 22.9. The highest BCUT2D eigenvalue weighted by Gasteiger charge is 2.28. The predicted molar refractivity (Wildman–Crippen MR) is 153 cm³/mol. The van der Waals surface area contributed by atoms with E-state index >= 15 is 0 Å². The van der Waals surface area contributed by atoms with Gasteiger partial charge in [-0.15, -0.1) is 0 Å². The summed E-state index contributed by atoms with van der Waals surface area (Å²) in [5.74, 6) is 1.08. The molecule has 38 heavy (non-hydrogen) atoms. The van der Waals surface area contributed by atoms with Gasteiger partial charge in [-0.05, 0) is 56.8 Å². The Hall–Kier alpha value is -3.41. The summed E-state index contributed by atoms with van der Waals surface area (Å²) in [6.45, 7) is 11.1. The third kappa shape index (κ3) is 5.54. The minimum atomic E-state index is 0.451. The van der Waals surface area contributed by atoms with Crippen LogP contribution in [0.5, 0.6) is 6.01 Å². The highest BCUT2D eigenvalue weighted by molar-refractivity contribution is 5.97. The normalized spacial score (nSPS) is 19.5. The zero-order valence-corrected chi connectivity index (χ0v) is 22.9. The summed E-state index contributed by atoms with van der Waals surface area (Å²) in [4.78, 5) is 17.3. The molecule has 4 heterocycles. The van der Waals surface area contributed by atoms with Crippen molar-refractivity contribution in [3.8, 4) is 12.1 Å². The van der Waals surface area contributed by atoms with Crippen molar-refractivity contribution in [2.24, 2.45) is 0 Å². The number of anilines is 2. The van der Waals surface area contributed by atoms with Crippen molar-refractivity contribution >= 4 is 22.3 Å². The van der Waals surface area contributed by atoms with E-state index in [0.29, 0.717) is 18.7 Å². The lowest BCUT2D eigenvalue weighted by Gasteiger charge is -2.35. The van der Waals surface area contributed by atoms with Crippen LogP contribution in [0.1, 0.15) is 36.6 Å². The van der Waals surface area contributed by atoms with E-state index < -0.39 is 0 Å². The molecular weight excluding hydrogens is 474 g/mol. The molecule has 0 saturated carbocycles. The van der Waals surface area contributed by atoms with Crippen molar-refractivity contribution in [3.05, 3.63) is 53.2 Å². The Morgan fingerprint density at radius 2 is 1.82 bits per heavy atom. The largest absolute Gasteiger partial charge is 0.462 e. The van der Waals surface area contributed by atoms with Gasteiger partial charge in [0.25, 0.3) is 0 Å². The van der Waals surface area contributed by atoms with Crippen LogP contribution in [0.15, 0.2) is 36.4 Å². The quantitative estimate of drug-likeness (QED) is 0.550. The van der Waals surface area contributed by atoms with E-state index in [0.717, 1.165) is 63.7 Å². The fraction of sp³-hybridized carbons (Fsp3) is 0.500. The number of likely N-dealkylation sites (N-methyl/N-ethyl adjacent to an activating group) is 1. The summed E-state index contributed by atoms with van der Waals surface area (Å²) in [6.07, 6.45) is 3.36. The minimum absolute atomic E-state index is 0.451. The number of hydrogen-bond donors (Lipinski definition) is 1. The number of piperazine rings is 1. The molecule has 2 fully saturated rings. The van der Waals surface area contributed by atoms with Crippen LogP contribution in [0.4, 0.5) is 11.5 Å². The van der Waals surface area contributed by atoms with Crippen LogP contribution in [0.3, 0.4) is 0 Å². The number of aryl methyl sites for hydroxylation is 1. The summed E-state index contributed by atoms with van der Waals surface area (Å²) in [6, 6.07) is 15.9. The fourth-order valence-corrected chi connectivity index (χ4v) is 5.93. The maximum atomic E-state index is 7.32. The summed E-state index contributed by atoms with van der Waals surface area (Å²) in [7, 11) is 2.19. The predicted octanol–water partition coefficient (Wildman–Crippen LogP) is 3.91. The number of hydrogen-bond acceptors (Lipinski definition) is 8. The molecule has 200 valence electrons. The van der Waals surface area contributed by atoms with E-state index in [1.54, 1.807) is 6.07 Å². The molecule has 0 amide bonds. The Morgan fingerprint density at radius 1 is 1.05 bits per heavy atom. The Kier molecular flexibility index (Phi) is 8.26. The summed E-state index contributed by atoms with van der Waals surface area (Å²) in [5.41, 5.74) is 5.02. The molecule has 0 aliphatic carbocycles. The third-order valence-electron chi connectivity index (χ3n) is 7.95.